The van der Waals surface area contributed by atoms with Gasteiger partial charge in [0.1, 0.15) is 5.52 Å². The molecule has 4 rings (SSSR count). The van der Waals surface area contributed by atoms with Gasteiger partial charge in [0.2, 0.25) is 5.89 Å². The number of nitrogens with one attached hydrogen (secondary N) is 2. The summed E-state index contributed by atoms with van der Waals surface area (Å²) in [6.07, 6.45) is 0. The van der Waals surface area contributed by atoms with Gasteiger partial charge < -0.3 is 9.73 Å². The molecule has 0 radical (unpaired) electrons. The molecule has 0 fully saturated rings. The Morgan fingerprint density at radius 3 is 2.48 bits per heavy atom. The van der Waals surface area contributed by atoms with Crippen molar-refractivity contribution in [1.82, 2.24) is 15.6 Å². The number of amides is 1. The van der Waals surface area contributed by atoms with Crippen LogP contribution in [0, 0.1) is 0 Å². The molecule has 3 aromatic carbocycles. The van der Waals surface area contributed by atoms with E-state index in [0.717, 1.165) is 26.7 Å². The summed E-state index contributed by atoms with van der Waals surface area (Å²) in [6.45, 7) is 0.489. The van der Waals surface area contributed by atoms with Gasteiger partial charge in [0.05, 0.1) is 5.56 Å². The van der Waals surface area contributed by atoms with Crippen LogP contribution in [0.15, 0.2) is 81.7 Å². The molecule has 0 unspecified atom stereocenters. The second-order valence-electron chi connectivity index (χ2n) is 6.30. The number of hydrogen-bond acceptors (Lipinski definition) is 4. The quantitative estimate of drug-likeness (QED) is 0.412. The van der Waals surface area contributed by atoms with E-state index in [2.05, 4.69) is 31.5 Å². The van der Waals surface area contributed by atoms with Crippen LogP contribution in [0.4, 0.5) is 0 Å². The van der Waals surface area contributed by atoms with Gasteiger partial charge in [-0.15, -0.1) is 0 Å². The second kappa shape index (κ2) is 8.55. The zero-order valence-electron chi connectivity index (χ0n) is 15.2. The van der Waals surface area contributed by atoms with Crippen LogP contribution >= 0.6 is 28.1 Å². The Balaban J connectivity index is 1.36. The summed E-state index contributed by atoms with van der Waals surface area (Å²) in [4.78, 5) is 16.8. The fourth-order valence-corrected chi connectivity index (χ4v) is 3.43. The molecule has 0 aliphatic heterocycles. The highest BCUT2D eigenvalue weighted by Gasteiger charge is 2.11. The molecular formula is C22H16BrN3O2S. The van der Waals surface area contributed by atoms with Gasteiger partial charge >= 0.3 is 0 Å². The second-order valence-corrected chi connectivity index (χ2v) is 7.56. The van der Waals surface area contributed by atoms with E-state index in [1.54, 1.807) is 12.1 Å². The van der Waals surface area contributed by atoms with Gasteiger partial charge in [-0.1, -0.05) is 36.4 Å². The summed E-state index contributed by atoms with van der Waals surface area (Å²) in [7, 11) is 0. The van der Waals surface area contributed by atoms with Crippen LogP contribution in [0.1, 0.15) is 15.9 Å². The van der Waals surface area contributed by atoms with E-state index in [4.69, 9.17) is 16.6 Å². The molecular weight excluding hydrogens is 450 g/mol. The van der Waals surface area contributed by atoms with Gasteiger partial charge in [0.25, 0.3) is 5.91 Å². The van der Waals surface area contributed by atoms with E-state index in [1.165, 1.54) is 0 Å². The Bertz CT molecular complexity index is 1160. The van der Waals surface area contributed by atoms with Crippen molar-refractivity contribution in [3.05, 3.63) is 88.4 Å². The number of carbonyl (C=O) groups excluding carboxylic acids is 1. The van der Waals surface area contributed by atoms with Gasteiger partial charge in [0.15, 0.2) is 10.7 Å². The number of benzene rings is 3. The monoisotopic (exact) mass is 465 g/mol. The molecule has 0 aliphatic rings. The molecule has 29 heavy (non-hydrogen) atoms. The molecule has 5 nitrogen and oxygen atoms in total. The predicted molar refractivity (Wildman–Crippen MR) is 120 cm³/mol. The minimum absolute atomic E-state index is 0.263. The topological polar surface area (TPSA) is 67.2 Å². The first-order chi connectivity index (χ1) is 14.1. The minimum Gasteiger partial charge on any atom is -0.436 e. The van der Waals surface area contributed by atoms with Gasteiger partial charge in [-0.2, -0.15) is 0 Å². The molecule has 1 amide bonds. The lowest BCUT2D eigenvalue weighted by Crippen LogP contribution is -2.38. The number of aromatic nitrogens is 1. The number of nitrogens with zero attached hydrogens (tertiary/aromatic N) is 1. The molecule has 0 saturated heterocycles. The Kier molecular flexibility index (Phi) is 5.69. The number of thiocarbonyl (C=S) groups is 1. The van der Waals surface area contributed by atoms with Crippen LogP contribution in [0.3, 0.4) is 0 Å². The van der Waals surface area contributed by atoms with Crippen LogP contribution < -0.4 is 10.6 Å². The van der Waals surface area contributed by atoms with Crippen LogP contribution in [0.25, 0.3) is 22.6 Å². The van der Waals surface area contributed by atoms with Crippen molar-refractivity contribution in [3.8, 4) is 11.5 Å². The van der Waals surface area contributed by atoms with Crippen molar-refractivity contribution in [2.45, 2.75) is 6.54 Å². The van der Waals surface area contributed by atoms with Gasteiger partial charge in [-0.25, -0.2) is 4.98 Å². The van der Waals surface area contributed by atoms with Crippen molar-refractivity contribution < 1.29 is 9.21 Å². The summed E-state index contributed by atoms with van der Waals surface area (Å²) in [6, 6.07) is 22.7. The summed E-state index contributed by atoms with van der Waals surface area (Å²) in [5.41, 5.74) is 4.04. The third-order valence-corrected chi connectivity index (χ3v) is 5.23. The first-order valence-corrected chi connectivity index (χ1v) is 10.1. The molecule has 7 heteroatoms. The fraction of sp³-hybridized carbons (Fsp3) is 0.0455. The van der Waals surface area contributed by atoms with E-state index in [-0.39, 0.29) is 11.0 Å². The van der Waals surface area contributed by atoms with E-state index >= 15 is 0 Å². The summed E-state index contributed by atoms with van der Waals surface area (Å²) < 4.78 is 6.51. The van der Waals surface area contributed by atoms with E-state index in [0.29, 0.717) is 18.0 Å². The number of hydrogen-bond donors (Lipinski definition) is 2. The molecule has 0 bridgehead atoms. The average molecular weight is 466 g/mol. The highest BCUT2D eigenvalue weighted by molar-refractivity contribution is 9.10. The Labute approximate surface area is 181 Å². The zero-order chi connectivity index (χ0) is 20.2. The number of oxazole rings is 1. The van der Waals surface area contributed by atoms with Crippen molar-refractivity contribution >= 4 is 50.3 Å². The van der Waals surface area contributed by atoms with Gasteiger partial charge in [-0.05, 0) is 70.1 Å². The van der Waals surface area contributed by atoms with Crippen LogP contribution in [0.2, 0.25) is 0 Å². The van der Waals surface area contributed by atoms with Crippen molar-refractivity contribution in [2.24, 2.45) is 0 Å². The maximum Gasteiger partial charge on any atom is 0.258 e. The van der Waals surface area contributed by atoms with Gasteiger partial charge in [0, 0.05) is 16.6 Å². The molecule has 4 aromatic rings. The first kappa shape index (κ1) is 19.3. The fourth-order valence-electron chi connectivity index (χ4n) is 2.80. The van der Waals surface area contributed by atoms with Crippen molar-refractivity contribution in [3.63, 3.8) is 0 Å². The Hall–Kier alpha value is -3.03. The Morgan fingerprint density at radius 2 is 1.72 bits per heavy atom. The lowest BCUT2D eigenvalue weighted by molar-refractivity contribution is 0.0976. The number of fused-ring (bicyclic) bond motifs is 1. The van der Waals surface area contributed by atoms with Crippen LogP contribution in [-0.4, -0.2) is 16.0 Å². The first-order valence-electron chi connectivity index (χ1n) is 8.89. The molecule has 1 heterocycles. The zero-order valence-corrected chi connectivity index (χ0v) is 17.6. The SMILES string of the molecule is O=C(NC(=S)NCc1ccc(-c2nc3ccccc3o2)cc1)c1ccccc1Br. The van der Waals surface area contributed by atoms with Crippen LogP contribution in [-0.2, 0) is 6.54 Å². The lowest BCUT2D eigenvalue weighted by Gasteiger charge is -2.10. The van der Waals surface area contributed by atoms with Gasteiger partial charge in [-0.3, -0.25) is 10.1 Å². The molecule has 0 atom stereocenters. The average Bonchev–Trinajstić information content (AvgIpc) is 3.17. The maximum absolute atomic E-state index is 12.3. The molecule has 2 N–H and O–H groups in total. The number of halogens is 1. The third kappa shape index (κ3) is 4.52. The maximum atomic E-state index is 12.3. The minimum atomic E-state index is -0.263. The molecule has 144 valence electrons. The van der Waals surface area contributed by atoms with Crippen molar-refractivity contribution in [1.29, 1.82) is 0 Å². The number of rotatable bonds is 4. The predicted octanol–water partition coefficient (Wildman–Crippen LogP) is 5.06. The summed E-state index contributed by atoms with van der Waals surface area (Å²) in [5, 5.41) is 6.00. The standard InChI is InChI=1S/C22H16BrN3O2S/c23-17-6-2-1-5-16(17)20(27)26-22(29)24-13-14-9-11-15(12-10-14)21-25-18-7-3-4-8-19(18)28-21/h1-12H,13H2,(H2,24,26,27,29). The van der Waals surface area contributed by atoms with E-state index < -0.39 is 0 Å². The van der Waals surface area contributed by atoms with E-state index in [9.17, 15) is 4.79 Å². The molecule has 0 aliphatic carbocycles. The smallest absolute Gasteiger partial charge is 0.258 e. The lowest BCUT2D eigenvalue weighted by atomic mass is 10.1. The van der Waals surface area contributed by atoms with Crippen LogP contribution in [0.5, 0.6) is 0 Å². The summed E-state index contributed by atoms with van der Waals surface area (Å²) in [5.74, 6) is 0.322. The highest BCUT2D eigenvalue weighted by atomic mass is 79.9. The largest absolute Gasteiger partial charge is 0.436 e. The third-order valence-electron chi connectivity index (χ3n) is 4.29. The number of para-hydroxylation sites is 2. The highest BCUT2D eigenvalue weighted by Crippen LogP contribution is 2.24. The molecule has 0 spiro atoms. The van der Waals surface area contributed by atoms with Crippen molar-refractivity contribution in [2.75, 3.05) is 0 Å². The molecule has 0 saturated carbocycles. The Morgan fingerprint density at radius 1 is 1.00 bits per heavy atom. The summed E-state index contributed by atoms with van der Waals surface area (Å²) >= 11 is 8.59. The van der Waals surface area contributed by atoms with E-state index in [1.807, 2.05) is 60.7 Å². The normalized spacial score (nSPS) is 10.7. The molecule has 1 aromatic heterocycles. The number of carbonyl (C=O) groups is 1.